The van der Waals surface area contributed by atoms with Gasteiger partial charge in [0.15, 0.2) is 0 Å². The second-order valence-electron chi connectivity index (χ2n) is 7.22. The SMILES string of the molecule is CC(C)(C)OC(=O)Cc1cccc(COc2ccc(-c3ccn[nH]3)nc2)c1. The minimum Gasteiger partial charge on any atom is -0.487 e. The Kier molecular flexibility index (Phi) is 5.54. The van der Waals surface area contributed by atoms with Crippen LogP contribution in [0.3, 0.4) is 0 Å². The van der Waals surface area contributed by atoms with Crippen molar-refractivity contribution in [1.82, 2.24) is 15.2 Å². The van der Waals surface area contributed by atoms with Crippen LogP contribution in [0.4, 0.5) is 0 Å². The number of benzene rings is 1. The van der Waals surface area contributed by atoms with Crippen molar-refractivity contribution < 1.29 is 14.3 Å². The lowest BCUT2D eigenvalue weighted by molar-refractivity contribution is -0.153. The van der Waals surface area contributed by atoms with Crippen LogP contribution in [0.2, 0.25) is 0 Å². The van der Waals surface area contributed by atoms with Gasteiger partial charge in [-0.2, -0.15) is 5.10 Å². The van der Waals surface area contributed by atoms with Gasteiger partial charge >= 0.3 is 5.97 Å². The Morgan fingerprint density at radius 3 is 2.59 bits per heavy atom. The van der Waals surface area contributed by atoms with Gasteiger partial charge < -0.3 is 9.47 Å². The van der Waals surface area contributed by atoms with Gasteiger partial charge in [0.25, 0.3) is 0 Å². The van der Waals surface area contributed by atoms with Gasteiger partial charge in [0, 0.05) is 6.20 Å². The zero-order chi connectivity index (χ0) is 19.3. The number of H-pyrrole nitrogens is 1. The van der Waals surface area contributed by atoms with Gasteiger partial charge in [-0.25, -0.2) is 0 Å². The molecular weight excluding hydrogens is 342 g/mol. The van der Waals surface area contributed by atoms with E-state index in [1.165, 1.54) is 0 Å². The first-order chi connectivity index (χ1) is 12.9. The van der Waals surface area contributed by atoms with E-state index in [1.807, 2.05) is 63.2 Å². The Morgan fingerprint density at radius 1 is 1.11 bits per heavy atom. The van der Waals surface area contributed by atoms with Crippen LogP contribution < -0.4 is 4.74 Å². The molecule has 3 rings (SSSR count). The second kappa shape index (κ2) is 8.03. The molecule has 0 aliphatic carbocycles. The molecule has 3 aromatic rings. The molecule has 0 atom stereocenters. The molecule has 0 aliphatic heterocycles. The first-order valence-corrected chi connectivity index (χ1v) is 8.77. The van der Waals surface area contributed by atoms with E-state index >= 15 is 0 Å². The van der Waals surface area contributed by atoms with Crippen molar-refractivity contribution in [3.8, 4) is 17.1 Å². The number of esters is 1. The molecular formula is C21H23N3O3. The molecule has 6 heteroatoms. The highest BCUT2D eigenvalue weighted by Crippen LogP contribution is 2.18. The largest absolute Gasteiger partial charge is 0.487 e. The van der Waals surface area contributed by atoms with Gasteiger partial charge in [0.05, 0.1) is 24.0 Å². The van der Waals surface area contributed by atoms with Crippen LogP contribution in [-0.4, -0.2) is 26.8 Å². The van der Waals surface area contributed by atoms with Crippen molar-refractivity contribution in [2.75, 3.05) is 0 Å². The summed E-state index contributed by atoms with van der Waals surface area (Å²) in [6, 6.07) is 13.3. The molecule has 0 radical (unpaired) electrons. The highest BCUT2D eigenvalue weighted by molar-refractivity contribution is 5.73. The number of nitrogens with one attached hydrogen (secondary N) is 1. The molecule has 0 amide bonds. The van der Waals surface area contributed by atoms with Gasteiger partial charge in [-0.1, -0.05) is 24.3 Å². The lowest BCUT2D eigenvalue weighted by Crippen LogP contribution is -2.24. The molecule has 0 aliphatic rings. The summed E-state index contributed by atoms with van der Waals surface area (Å²) < 4.78 is 11.2. The summed E-state index contributed by atoms with van der Waals surface area (Å²) in [6.45, 7) is 5.98. The van der Waals surface area contributed by atoms with E-state index < -0.39 is 5.60 Å². The molecule has 2 aromatic heterocycles. The lowest BCUT2D eigenvalue weighted by Gasteiger charge is -2.19. The number of hydrogen-bond donors (Lipinski definition) is 1. The number of carbonyl (C=O) groups is 1. The van der Waals surface area contributed by atoms with Crippen LogP contribution in [0.1, 0.15) is 31.9 Å². The minimum absolute atomic E-state index is 0.237. The van der Waals surface area contributed by atoms with Crippen LogP contribution in [0, 0.1) is 0 Å². The smallest absolute Gasteiger partial charge is 0.310 e. The topological polar surface area (TPSA) is 77.1 Å². The number of carbonyl (C=O) groups excluding carboxylic acids is 1. The highest BCUT2D eigenvalue weighted by Gasteiger charge is 2.16. The molecule has 2 heterocycles. The first-order valence-electron chi connectivity index (χ1n) is 8.77. The number of ether oxygens (including phenoxy) is 2. The average Bonchev–Trinajstić information content (AvgIpc) is 3.14. The van der Waals surface area contributed by atoms with Crippen molar-refractivity contribution in [3.63, 3.8) is 0 Å². The van der Waals surface area contributed by atoms with E-state index in [0.29, 0.717) is 12.4 Å². The summed E-state index contributed by atoms with van der Waals surface area (Å²) >= 11 is 0. The summed E-state index contributed by atoms with van der Waals surface area (Å²) in [5, 5.41) is 6.79. The maximum atomic E-state index is 12.0. The van der Waals surface area contributed by atoms with Crippen molar-refractivity contribution >= 4 is 5.97 Å². The van der Waals surface area contributed by atoms with Crippen LogP contribution >= 0.6 is 0 Å². The van der Waals surface area contributed by atoms with E-state index in [4.69, 9.17) is 9.47 Å². The Labute approximate surface area is 158 Å². The third-order valence-electron chi connectivity index (χ3n) is 3.68. The fraction of sp³-hybridized carbons (Fsp3) is 0.286. The maximum absolute atomic E-state index is 12.0. The van der Waals surface area contributed by atoms with Crippen molar-refractivity contribution in [3.05, 3.63) is 66.0 Å². The van der Waals surface area contributed by atoms with E-state index in [2.05, 4.69) is 15.2 Å². The fourth-order valence-corrected chi connectivity index (χ4v) is 2.56. The Balaban J connectivity index is 1.57. The van der Waals surface area contributed by atoms with Crippen molar-refractivity contribution in [2.24, 2.45) is 0 Å². The number of nitrogens with zero attached hydrogens (tertiary/aromatic N) is 2. The van der Waals surface area contributed by atoms with Crippen molar-refractivity contribution in [1.29, 1.82) is 0 Å². The zero-order valence-corrected chi connectivity index (χ0v) is 15.7. The van der Waals surface area contributed by atoms with E-state index in [1.54, 1.807) is 12.4 Å². The summed E-state index contributed by atoms with van der Waals surface area (Å²) in [5.41, 5.74) is 3.06. The van der Waals surface area contributed by atoms with Crippen molar-refractivity contribution in [2.45, 2.75) is 39.4 Å². The molecule has 0 unspecified atom stereocenters. The van der Waals surface area contributed by atoms with Gasteiger partial charge in [0.1, 0.15) is 18.0 Å². The van der Waals surface area contributed by atoms with Crippen LogP contribution in [0.15, 0.2) is 54.9 Å². The molecule has 6 nitrogen and oxygen atoms in total. The number of rotatable bonds is 6. The number of aromatic amines is 1. The first kappa shape index (κ1) is 18.6. The molecule has 0 bridgehead atoms. The molecule has 0 spiro atoms. The van der Waals surface area contributed by atoms with E-state index in [-0.39, 0.29) is 12.4 Å². The molecule has 0 saturated heterocycles. The Morgan fingerprint density at radius 2 is 1.93 bits per heavy atom. The number of pyridine rings is 1. The quantitative estimate of drug-likeness (QED) is 0.670. The van der Waals surface area contributed by atoms with E-state index in [9.17, 15) is 4.79 Å². The van der Waals surface area contributed by atoms with Crippen LogP contribution in [0.25, 0.3) is 11.4 Å². The molecule has 27 heavy (non-hydrogen) atoms. The van der Waals surface area contributed by atoms with Gasteiger partial charge in [-0.05, 0) is 50.1 Å². The fourth-order valence-electron chi connectivity index (χ4n) is 2.56. The summed E-state index contributed by atoms with van der Waals surface area (Å²) in [7, 11) is 0. The number of hydrogen-bond acceptors (Lipinski definition) is 5. The van der Waals surface area contributed by atoms with E-state index in [0.717, 1.165) is 22.5 Å². The average molecular weight is 365 g/mol. The second-order valence-corrected chi connectivity index (χ2v) is 7.22. The maximum Gasteiger partial charge on any atom is 0.310 e. The zero-order valence-electron chi connectivity index (χ0n) is 15.7. The normalized spacial score (nSPS) is 11.2. The third kappa shape index (κ3) is 5.67. The van der Waals surface area contributed by atoms with Gasteiger partial charge in [-0.15, -0.1) is 0 Å². The molecule has 140 valence electrons. The van der Waals surface area contributed by atoms with Crippen LogP contribution in [0.5, 0.6) is 5.75 Å². The molecule has 0 saturated carbocycles. The summed E-state index contributed by atoms with van der Waals surface area (Å²) in [5.74, 6) is 0.440. The minimum atomic E-state index is -0.479. The highest BCUT2D eigenvalue weighted by atomic mass is 16.6. The molecule has 1 N–H and O–H groups in total. The predicted molar refractivity (Wildman–Crippen MR) is 102 cm³/mol. The molecule has 0 fully saturated rings. The molecule has 1 aromatic carbocycles. The van der Waals surface area contributed by atoms with Crippen LogP contribution in [-0.2, 0) is 22.6 Å². The summed E-state index contributed by atoms with van der Waals surface area (Å²) in [6.07, 6.45) is 3.61. The standard InChI is InChI=1S/C21H23N3O3/c1-21(2,3)27-20(25)12-15-5-4-6-16(11-15)14-26-17-7-8-18(22-13-17)19-9-10-23-24-19/h4-11,13H,12,14H2,1-3H3,(H,23,24). The summed E-state index contributed by atoms with van der Waals surface area (Å²) in [4.78, 5) is 16.3. The third-order valence-corrected chi connectivity index (χ3v) is 3.68. The predicted octanol–water partition coefficient (Wildman–Crippen LogP) is 3.93. The monoisotopic (exact) mass is 365 g/mol. The van der Waals surface area contributed by atoms with Gasteiger partial charge in [-0.3, -0.25) is 14.9 Å². The Hall–Kier alpha value is -3.15. The Bertz CT molecular complexity index is 882. The van der Waals surface area contributed by atoms with Gasteiger partial charge in [0.2, 0.25) is 0 Å². The number of aromatic nitrogens is 3. The lowest BCUT2D eigenvalue weighted by atomic mass is 10.1.